The normalized spacial score (nSPS) is 17.3. The largest absolute Gasteiger partial charge is 0.377 e. The first-order valence-corrected chi connectivity index (χ1v) is 14.1. The van der Waals surface area contributed by atoms with Gasteiger partial charge in [0.2, 0.25) is 5.91 Å². The summed E-state index contributed by atoms with van der Waals surface area (Å²) in [6, 6.07) is 9.33. The molecule has 3 aromatic carbocycles. The maximum atomic E-state index is 15.1. The molecule has 1 N–H and O–H groups in total. The summed E-state index contributed by atoms with van der Waals surface area (Å²) in [6.07, 6.45) is -1.01. The molecule has 1 aliphatic carbocycles. The molecule has 41 heavy (non-hydrogen) atoms. The van der Waals surface area contributed by atoms with Crippen LogP contribution in [-0.4, -0.2) is 35.5 Å². The second-order valence-electron chi connectivity index (χ2n) is 9.36. The zero-order valence-electron chi connectivity index (χ0n) is 21.0. The summed E-state index contributed by atoms with van der Waals surface area (Å²) in [5.74, 6) is -5.13. The molecule has 216 valence electrons. The second-order valence-corrected chi connectivity index (χ2v) is 12.4. The summed E-state index contributed by atoms with van der Waals surface area (Å²) in [5.41, 5.74) is 0.118. The predicted octanol–water partition coefficient (Wildman–Crippen LogP) is 8.29. The minimum Gasteiger partial charge on any atom is -0.377 e. The number of benzene rings is 3. The van der Waals surface area contributed by atoms with Crippen LogP contribution in [0.4, 0.5) is 14.5 Å². The third kappa shape index (κ3) is 6.83. The summed E-state index contributed by atoms with van der Waals surface area (Å²) in [6.45, 7) is -0.312. The molecule has 5 nitrogen and oxygen atoms in total. The average molecular weight is 684 g/mol. The summed E-state index contributed by atoms with van der Waals surface area (Å²) in [5, 5.41) is 3.22. The van der Waals surface area contributed by atoms with Crippen molar-refractivity contribution in [3.05, 3.63) is 96.4 Å². The van der Waals surface area contributed by atoms with E-state index >= 15 is 4.39 Å². The molecule has 0 bridgehead atoms. The Bertz CT molecular complexity index is 1540. The van der Waals surface area contributed by atoms with Crippen molar-refractivity contribution >= 4 is 92.8 Å². The maximum absolute atomic E-state index is 15.1. The van der Waals surface area contributed by atoms with Crippen LogP contribution in [0.15, 0.2) is 42.5 Å². The lowest BCUT2D eigenvalue weighted by molar-refractivity contribution is -0.122. The first-order chi connectivity index (χ1) is 19.3. The fourth-order valence-corrected chi connectivity index (χ4v) is 6.15. The lowest BCUT2D eigenvalue weighted by atomic mass is 9.98. The van der Waals surface area contributed by atoms with Crippen LogP contribution in [0.1, 0.15) is 33.0 Å². The summed E-state index contributed by atoms with van der Waals surface area (Å²) in [7, 11) is 1.29. The van der Waals surface area contributed by atoms with Crippen molar-refractivity contribution in [3.8, 4) is 0 Å². The van der Waals surface area contributed by atoms with Crippen LogP contribution in [0.3, 0.4) is 0 Å². The number of carbonyl (C=O) groups is 3. The zero-order valence-corrected chi connectivity index (χ0v) is 25.5. The monoisotopic (exact) mass is 681 g/mol. The van der Waals surface area contributed by atoms with Crippen molar-refractivity contribution in [2.45, 2.75) is 23.1 Å². The highest BCUT2D eigenvalue weighted by Gasteiger charge is 2.67. The van der Waals surface area contributed by atoms with Gasteiger partial charge in [-0.3, -0.25) is 14.4 Å². The SMILES string of the molecule is COCC(=O)Cc1c(F)ccc(CC(=O)c2cc(NC(=O)[C@H]3[C@H](c4cc(Cl)c(Cl)c(Cl)c4)C3(Cl)Cl)ccc2Cl)c1F. The van der Waals surface area contributed by atoms with E-state index in [-0.39, 0.29) is 43.5 Å². The van der Waals surface area contributed by atoms with Crippen molar-refractivity contribution in [1.82, 2.24) is 0 Å². The van der Waals surface area contributed by atoms with Crippen LogP contribution in [0.5, 0.6) is 0 Å². The number of amides is 1. The molecular formula is C28H19Cl6F2NO4. The molecular weight excluding hydrogens is 665 g/mol. The van der Waals surface area contributed by atoms with Crippen molar-refractivity contribution < 1.29 is 27.9 Å². The minimum atomic E-state index is -1.46. The quantitative estimate of drug-likeness (QED) is 0.133. The summed E-state index contributed by atoms with van der Waals surface area (Å²) < 4.78 is 32.5. The molecule has 1 saturated carbocycles. The van der Waals surface area contributed by atoms with E-state index in [9.17, 15) is 18.8 Å². The highest BCUT2D eigenvalue weighted by atomic mass is 35.5. The van der Waals surface area contributed by atoms with E-state index in [0.29, 0.717) is 5.56 Å². The van der Waals surface area contributed by atoms with Crippen LogP contribution in [0.2, 0.25) is 20.1 Å². The number of hydrogen-bond donors (Lipinski definition) is 1. The molecule has 0 heterocycles. The fraction of sp³-hybridized carbons (Fsp3) is 0.250. The van der Waals surface area contributed by atoms with Gasteiger partial charge >= 0.3 is 0 Å². The van der Waals surface area contributed by atoms with Gasteiger partial charge in [0, 0.05) is 42.7 Å². The molecule has 0 saturated heterocycles. The Morgan fingerprint density at radius 3 is 2.22 bits per heavy atom. The van der Waals surface area contributed by atoms with E-state index in [1.54, 1.807) is 0 Å². The molecule has 1 fully saturated rings. The Morgan fingerprint density at radius 2 is 1.59 bits per heavy atom. The van der Waals surface area contributed by atoms with Gasteiger partial charge in [-0.15, -0.1) is 23.2 Å². The fourth-order valence-electron chi connectivity index (χ4n) is 4.48. The first-order valence-electron chi connectivity index (χ1n) is 11.9. The van der Waals surface area contributed by atoms with E-state index in [1.165, 1.54) is 37.4 Å². The van der Waals surface area contributed by atoms with E-state index in [4.69, 9.17) is 74.3 Å². The molecule has 0 unspecified atom stereocenters. The number of nitrogens with one attached hydrogen (secondary N) is 1. The molecule has 0 spiro atoms. The second kappa shape index (κ2) is 12.7. The first kappa shape index (κ1) is 32.0. The number of carbonyl (C=O) groups excluding carboxylic acids is 3. The molecule has 2 atom stereocenters. The lowest BCUT2D eigenvalue weighted by Crippen LogP contribution is -2.18. The van der Waals surface area contributed by atoms with Crippen LogP contribution < -0.4 is 5.32 Å². The van der Waals surface area contributed by atoms with E-state index in [1.807, 2.05) is 0 Å². The number of anilines is 1. The van der Waals surface area contributed by atoms with Gasteiger partial charge in [0.1, 0.15) is 22.6 Å². The van der Waals surface area contributed by atoms with Crippen molar-refractivity contribution in [3.63, 3.8) is 0 Å². The van der Waals surface area contributed by atoms with Crippen LogP contribution in [0, 0.1) is 17.6 Å². The number of hydrogen-bond acceptors (Lipinski definition) is 4. The van der Waals surface area contributed by atoms with Gasteiger partial charge in [-0.05, 0) is 47.5 Å². The third-order valence-electron chi connectivity index (χ3n) is 6.53. The van der Waals surface area contributed by atoms with Crippen LogP contribution in [0.25, 0.3) is 0 Å². The molecule has 13 heteroatoms. The van der Waals surface area contributed by atoms with E-state index < -0.39 is 63.7 Å². The molecule has 1 aliphatic rings. The Balaban J connectivity index is 1.52. The highest BCUT2D eigenvalue weighted by molar-refractivity contribution is 6.54. The third-order valence-corrected chi connectivity index (χ3v) is 9.00. The Hall–Kier alpha value is -1.97. The summed E-state index contributed by atoms with van der Waals surface area (Å²) in [4.78, 5) is 38.1. The Labute approximate surface area is 263 Å². The van der Waals surface area contributed by atoms with Gasteiger partial charge in [-0.25, -0.2) is 8.78 Å². The van der Waals surface area contributed by atoms with Gasteiger partial charge in [-0.1, -0.05) is 52.5 Å². The number of rotatable bonds is 10. The topological polar surface area (TPSA) is 72.5 Å². The van der Waals surface area contributed by atoms with Crippen molar-refractivity contribution in [2.75, 3.05) is 19.0 Å². The minimum absolute atomic E-state index is 0.0168. The van der Waals surface area contributed by atoms with Crippen molar-refractivity contribution in [2.24, 2.45) is 5.92 Å². The smallest absolute Gasteiger partial charge is 0.231 e. The number of ketones is 2. The van der Waals surface area contributed by atoms with Crippen LogP contribution >= 0.6 is 69.6 Å². The highest BCUT2D eigenvalue weighted by Crippen LogP contribution is 2.65. The number of Topliss-reactive ketones (excluding diaryl/α,β-unsaturated/α-hetero) is 2. The van der Waals surface area contributed by atoms with Crippen molar-refractivity contribution in [1.29, 1.82) is 0 Å². The van der Waals surface area contributed by atoms with Gasteiger partial charge in [0.15, 0.2) is 11.6 Å². The Morgan fingerprint density at radius 1 is 0.927 bits per heavy atom. The number of ether oxygens (including phenoxy) is 1. The molecule has 0 radical (unpaired) electrons. The van der Waals surface area contributed by atoms with Gasteiger partial charge < -0.3 is 10.1 Å². The molecule has 3 aromatic rings. The molecule has 0 aromatic heterocycles. The number of halogens is 8. The van der Waals surface area contributed by atoms with Crippen LogP contribution in [-0.2, 0) is 27.2 Å². The van der Waals surface area contributed by atoms with Gasteiger partial charge in [0.25, 0.3) is 0 Å². The number of methoxy groups -OCH3 is 1. The average Bonchev–Trinajstić information content (AvgIpc) is 3.49. The van der Waals surface area contributed by atoms with Gasteiger partial charge in [-0.2, -0.15) is 0 Å². The van der Waals surface area contributed by atoms with E-state index in [2.05, 4.69) is 5.32 Å². The zero-order chi connectivity index (χ0) is 30.2. The maximum Gasteiger partial charge on any atom is 0.231 e. The lowest BCUT2D eigenvalue weighted by Gasteiger charge is -2.11. The van der Waals surface area contributed by atoms with Gasteiger partial charge in [0.05, 0.1) is 26.0 Å². The summed E-state index contributed by atoms with van der Waals surface area (Å²) >= 11 is 37.3. The number of alkyl halides is 2. The molecule has 0 aliphatic heterocycles. The van der Waals surface area contributed by atoms with E-state index in [0.717, 1.165) is 12.1 Å². The Kier molecular flexibility index (Phi) is 9.91. The predicted molar refractivity (Wildman–Crippen MR) is 157 cm³/mol. The molecule has 4 rings (SSSR count). The standard InChI is InChI=1S/C28H19Cl6F2NO4/c1-41-11-15(38)10-17-21(35)5-2-12(26(17)36)8-22(39)16-9-14(3-4-18(16)29)37-27(40)24-23(28(24,33)34)13-6-19(30)25(32)20(31)7-13/h2-7,9,23-24H,8,10-11H2,1H3,(H,37,40)/t23-,24+/m0/s1. The molecule has 1 amide bonds.